The van der Waals surface area contributed by atoms with Gasteiger partial charge in [0.1, 0.15) is 29.1 Å². The van der Waals surface area contributed by atoms with E-state index in [-0.39, 0.29) is 23.2 Å². The summed E-state index contributed by atoms with van der Waals surface area (Å²) in [6.45, 7) is 19.4. The first-order valence-electron chi connectivity index (χ1n) is 15.1. The number of anilines is 2. The number of hydrazone groups is 1. The van der Waals surface area contributed by atoms with Gasteiger partial charge in [-0.2, -0.15) is 5.10 Å². The number of carbonyl (C=O) groups excluding carboxylic acids is 1. The first-order chi connectivity index (χ1) is 20.4. The smallest absolute Gasteiger partial charge is 0.228 e. The summed E-state index contributed by atoms with van der Waals surface area (Å²) in [5.74, 6) is 4.25. The molecule has 6 rings (SSSR count). The van der Waals surface area contributed by atoms with Crippen molar-refractivity contribution in [3.8, 4) is 0 Å². The quantitative estimate of drug-likeness (QED) is 0.308. The molecule has 230 valence electrons. The Labute approximate surface area is 253 Å². The van der Waals surface area contributed by atoms with E-state index in [2.05, 4.69) is 77.2 Å². The Hall–Kier alpha value is -4.15. The summed E-state index contributed by atoms with van der Waals surface area (Å²) >= 11 is 0. The highest BCUT2D eigenvalue weighted by atomic mass is 19.1. The summed E-state index contributed by atoms with van der Waals surface area (Å²) in [7, 11) is 0. The second-order valence-corrected chi connectivity index (χ2v) is 12.1. The maximum absolute atomic E-state index is 12.9. The lowest BCUT2D eigenvalue weighted by molar-refractivity contribution is -0.120. The van der Waals surface area contributed by atoms with Crippen molar-refractivity contribution in [2.24, 2.45) is 21.9 Å². The SMILES string of the molecule is CC.CC(C)C1=CC(NC(=O)C2CC2)=NN2CC(C)(C)N=C12.Cc1nc2nc(Nc3ccc(F)cn3)cc(C(C)C)c2[nH]1. The van der Waals surface area contributed by atoms with Gasteiger partial charge in [-0.1, -0.05) is 41.5 Å². The number of carbonyl (C=O) groups is 1. The molecule has 1 amide bonds. The zero-order valence-electron chi connectivity index (χ0n) is 26.7. The van der Waals surface area contributed by atoms with E-state index < -0.39 is 0 Å². The third kappa shape index (κ3) is 7.82. The van der Waals surface area contributed by atoms with Crippen LogP contribution in [0.3, 0.4) is 0 Å². The van der Waals surface area contributed by atoms with E-state index in [0.29, 0.717) is 35.0 Å². The van der Waals surface area contributed by atoms with Crippen LogP contribution in [0.5, 0.6) is 0 Å². The Morgan fingerprint density at radius 1 is 1.09 bits per heavy atom. The molecule has 0 aromatic carbocycles. The van der Waals surface area contributed by atoms with Crippen molar-refractivity contribution in [3.05, 3.63) is 53.3 Å². The lowest BCUT2D eigenvalue weighted by Crippen LogP contribution is -2.39. The topological polar surface area (TPSA) is 124 Å². The van der Waals surface area contributed by atoms with Gasteiger partial charge in [-0.15, -0.1) is 0 Å². The summed E-state index contributed by atoms with van der Waals surface area (Å²) < 4.78 is 12.9. The Morgan fingerprint density at radius 2 is 1.81 bits per heavy atom. The first-order valence-corrected chi connectivity index (χ1v) is 15.1. The summed E-state index contributed by atoms with van der Waals surface area (Å²) in [6.07, 6.45) is 5.15. The number of amidine groups is 2. The number of nitrogens with zero attached hydrogens (tertiary/aromatic N) is 6. The summed E-state index contributed by atoms with van der Waals surface area (Å²) in [5.41, 5.74) is 3.79. The van der Waals surface area contributed by atoms with E-state index in [1.807, 2.05) is 37.9 Å². The molecule has 43 heavy (non-hydrogen) atoms. The third-order valence-corrected chi connectivity index (χ3v) is 7.01. The molecule has 10 nitrogen and oxygen atoms in total. The van der Waals surface area contributed by atoms with Gasteiger partial charge in [-0.05, 0) is 75.3 Å². The second-order valence-electron chi connectivity index (χ2n) is 12.1. The van der Waals surface area contributed by atoms with Crippen molar-refractivity contribution < 1.29 is 9.18 Å². The van der Waals surface area contributed by atoms with Crippen LogP contribution in [0.1, 0.15) is 85.5 Å². The fourth-order valence-corrected chi connectivity index (χ4v) is 4.78. The number of rotatable bonds is 5. The average Bonchev–Trinajstić information content (AvgIpc) is 3.66. The zero-order chi connectivity index (χ0) is 31.5. The second kappa shape index (κ2) is 13.0. The minimum atomic E-state index is -0.366. The van der Waals surface area contributed by atoms with Gasteiger partial charge in [-0.25, -0.2) is 24.4 Å². The summed E-state index contributed by atoms with van der Waals surface area (Å²) in [6, 6.07) is 4.90. The average molecular weight is 590 g/mol. The Bertz CT molecular complexity index is 1550. The molecule has 3 aliphatic rings. The Morgan fingerprint density at radius 3 is 2.42 bits per heavy atom. The van der Waals surface area contributed by atoms with Gasteiger partial charge < -0.3 is 15.6 Å². The van der Waals surface area contributed by atoms with E-state index in [9.17, 15) is 9.18 Å². The number of nitrogens with one attached hydrogen (secondary N) is 3. The fraction of sp³-hybridized carbons (Fsp3) is 0.500. The number of aromatic nitrogens is 4. The lowest BCUT2D eigenvalue weighted by Gasteiger charge is -2.25. The normalized spacial score (nSPS) is 16.8. The van der Waals surface area contributed by atoms with E-state index in [1.165, 1.54) is 12.3 Å². The molecule has 0 unspecified atom stereocenters. The van der Waals surface area contributed by atoms with Crippen molar-refractivity contribution in [1.29, 1.82) is 0 Å². The van der Waals surface area contributed by atoms with Crippen LogP contribution in [-0.2, 0) is 4.79 Å². The molecule has 3 N–H and O–H groups in total. The van der Waals surface area contributed by atoms with Crippen molar-refractivity contribution in [3.63, 3.8) is 0 Å². The van der Waals surface area contributed by atoms with E-state index in [1.54, 1.807) is 6.07 Å². The molecule has 0 spiro atoms. The summed E-state index contributed by atoms with van der Waals surface area (Å²) in [4.78, 5) is 32.7. The number of H-pyrrole nitrogens is 1. The highest BCUT2D eigenvalue weighted by Gasteiger charge is 2.37. The van der Waals surface area contributed by atoms with Gasteiger partial charge in [0.15, 0.2) is 11.5 Å². The number of aliphatic imine (C=N–C) groups is 1. The molecule has 3 aromatic rings. The van der Waals surface area contributed by atoms with Gasteiger partial charge in [0.05, 0.1) is 23.8 Å². The van der Waals surface area contributed by atoms with Gasteiger partial charge in [0, 0.05) is 11.5 Å². The standard InChI is InChI=1S/C15H16FN5.C15H22N4O.C2H6/c1-8(2)11-6-13(20-12-5-4-10(16)7-17-12)21-15-14(11)18-9(3)19-15;1-9(2)11-7-12(16-14(20)10-5-6-10)18-19-8-15(3,4)17-13(11)19;1-2/h4-8H,1-3H3,(H2,17,18,19,20,21);7,9-10H,5-6,8H2,1-4H3,(H,16,18,20);1-2H3. The van der Waals surface area contributed by atoms with E-state index in [4.69, 9.17) is 4.99 Å². The number of hydrogen-bond acceptors (Lipinski definition) is 8. The van der Waals surface area contributed by atoms with Gasteiger partial charge >= 0.3 is 0 Å². The molecule has 1 fully saturated rings. The van der Waals surface area contributed by atoms with Crippen LogP contribution < -0.4 is 10.6 Å². The van der Waals surface area contributed by atoms with Crippen LogP contribution in [0.2, 0.25) is 0 Å². The molecule has 0 radical (unpaired) electrons. The van der Waals surface area contributed by atoms with Crippen LogP contribution in [0.25, 0.3) is 11.2 Å². The predicted molar refractivity (Wildman–Crippen MR) is 171 cm³/mol. The van der Waals surface area contributed by atoms with E-state index >= 15 is 0 Å². The van der Waals surface area contributed by atoms with Crippen LogP contribution in [-0.4, -0.2) is 54.6 Å². The highest BCUT2D eigenvalue weighted by Crippen LogP contribution is 2.31. The third-order valence-electron chi connectivity index (χ3n) is 7.01. The minimum absolute atomic E-state index is 0.0990. The van der Waals surface area contributed by atoms with Crippen LogP contribution in [0.15, 0.2) is 46.1 Å². The zero-order valence-corrected chi connectivity index (χ0v) is 26.7. The predicted octanol–water partition coefficient (Wildman–Crippen LogP) is 6.61. The van der Waals surface area contributed by atoms with Crippen molar-refractivity contribution in [1.82, 2.24) is 30.3 Å². The van der Waals surface area contributed by atoms with Crippen molar-refractivity contribution in [2.45, 2.75) is 86.6 Å². The maximum Gasteiger partial charge on any atom is 0.228 e. The van der Waals surface area contributed by atoms with Crippen LogP contribution in [0, 0.1) is 24.6 Å². The molecule has 0 atom stereocenters. The highest BCUT2D eigenvalue weighted by molar-refractivity contribution is 6.13. The molecule has 11 heteroatoms. The molecule has 0 bridgehead atoms. The number of halogens is 1. The molecular formula is C32H44FN9O. The molecule has 1 saturated carbocycles. The number of hydrogen-bond donors (Lipinski definition) is 3. The molecule has 0 saturated heterocycles. The first kappa shape index (κ1) is 31.8. The monoisotopic (exact) mass is 589 g/mol. The minimum Gasteiger partial charge on any atom is -0.341 e. The van der Waals surface area contributed by atoms with Crippen LogP contribution in [0.4, 0.5) is 16.0 Å². The number of fused-ring (bicyclic) bond motifs is 2. The van der Waals surface area contributed by atoms with Gasteiger partial charge in [-0.3, -0.25) is 9.79 Å². The number of imidazole rings is 1. The van der Waals surface area contributed by atoms with Gasteiger partial charge in [0.2, 0.25) is 5.91 Å². The number of aromatic amines is 1. The van der Waals surface area contributed by atoms with Crippen molar-refractivity contribution >= 4 is 40.4 Å². The molecular weight excluding hydrogens is 545 g/mol. The lowest BCUT2D eigenvalue weighted by atomic mass is 10.0. The number of aryl methyl sites for hydroxylation is 1. The fourth-order valence-electron chi connectivity index (χ4n) is 4.78. The number of pyridine rings is 2. The maximum atomic E-state index is 12.9. The summed E-state index contributed by atoms with van der Waals surface area (Å²) in [5, 5.41) is 12.5. The van der Waals surface area contributed by atoms with Gasteiger partial charge in [0.25, 0.3) is 0 Å². The van der Waals surface area contributed by atoms with Crippen molar-refractivity contribution in [2.75, 3.05) is 11.9 Å². The molecule has 5 heterocycles. The number of amides is 1. The van der Waals surface area contributed by atoms with E-state index in [0.717, 1.165) is 47.7 Å². The molecule has 3 aromatic heterocycles. The van der Waals surface area contributed by atoms with Crippen LogP contribution >= 0.6 is 0 Å². The Balaban J connectivity index is 0.000000186. The molecule has 2 aliphatic heterocycles. The largest absolute Gasteiger partial charge is 0.341 e. The Kier molecular flexibility index (Phi) is 9.62. The molecule has 1 aliphatic carbocycles.